The fourth-order valence-corrected chi connectivity index (χ4v) is 1.71. The Morgan fingerprint density at radius 2 is 1.69 bits per heavy atom. The molecule has 86 valence electrons. The van der Waals surface area contributed by atoms with E-state index in [9.17, 15) is 14.2 Å². The molecular formula is C9H10NO5P. The lowest BCUT2D eigenvalue weighted by molar-refractivity contribution is -0.117. The second-order valence-electron chi connectivity index (χ2n) is 2.44. The topological polar surface area (TPSA) is 81.7 Å². The summed E-state index contributed by atoms with van der Waals surface area (Å²) in [6.07, 6.45) is 9.75. The van der Waals surface area contributed by atoms with E-state index < -0.39 is 32.4 Å². The average Bonchev–Trinajstić information content (AvgIpc) is 2.22. The van der Waals surface area contributed by atoms with Gasteiger partial charge in [-0.15, -0.1) is 12.8 Å². The molecule has 0 spiro atoms. The molecule has 2 amide bonds. The van der Waals surface area contributed by atoms with Crippen LogP contribution in [0.1, 0.15) is 6.92 Å². The van der Waals surface area contributed by atoms with Gasteiger partial charge in [-0.1, -0.05) is 11.8 Å². The number of rotatable bonds is 5. The summed E-state index contributed by atoms with van der Waals surface area (Å²) >= 11 is 0. The Hall–Kier alpha value is -1.59. The third kappa shape index (κ3) is 4.77. The Bertz CT molecular complexity index is 381. The third-order valence-corrected chi connectivity index (χ3v) is 2.71. The fraction of sp³-hybridized carbons (Fsp3) is 0.333. The first-order valence-electron chi connectivity index (χ1n) is 4.04. The van der Waals surface area contributed by atoms with E-state index in [-0.39, 0.29) is 0 Å². The minimum absolute atomic E-state index is 0.396. The zero-order valence-electron chi connectivity index (χ0n) is 8.56. The summed E-state index contributed by atoms with van der Waals surface area (Å²) in [5, 5.41) is 1.77. The van der Waals surface area contributed by atoms with Gasteiger partial charge in [0.15, 0.2) is 0 Å². The molecule has 0 heterocycles. The molecule has 0 radical (unpaired) electrons. The standard InChI is InChI=1S/C9H10NO5P/c1-4-6-14-16(13,15-7-5-2)9(12)10-8(3)11/h1-2H,6-7H2,3H3,(H,10,11,12). The highest BCUT2D eigenvalue weighted by Crippen LogP contribution is 2.48. The summed E-state index contributed by atoms with van der Waals surface area (Å²) in [6.45, 7) is 0.283. The van der Waals surface area contributed by atoms with E-state index in [0.29, 0.717) is 0 Å². The van der Waals surface area contributed by atoms with Gasteiger partial charge in [0.05, 0.1) is 0 Å². The third-order valence-electron chi connectivity index (χ3n) is 1.17. The van der Waals surface area contributed by atoms with E-state index in [1.807, 2.05) is 11.8 Å². The van der Waals surface area contributed by atoms with Crippen molar-refractivity contribution in [1.82, 2.24) is 5.32 Å². The van der Waals surface area contributed by atoms with Gasteiger partial charge in [-0.05, 0) is 0 Å². The van der Waals surface area contributed by atoms with Gasteiger partial charge in [-0.25, -0.2) is 4.57 Å². The van der Waals surface area contributed by atoms with E-state index >= 15 is 0 Å². The van der Waals surface area contributed by atoms with Crippen LogP contribution in [0.3, 0.4) is 0 Å². The van der Waals surface area contributed by atoms with E-state index in [1.54, 1.807) is 5.32 Å². The van der Waals surface area contributed by atoms with Crippen LogP contribution in [-0.4, -0.2) is 24.8 Å². The zero-order chi connectivity index (χ0) is 12.6. The van der Waals surface area contributed by atoms with Gasteiger partial charge in [0, 0.05) is 6.92 Å². The maximum Gasteiger partial charge on any atom is 0.420 e. The summed E-state index contributed by atoms with van der Waals surface area (Å²) in [6, 6.07) is 0. The highest BCUT2D eigenvalue weighted by molar-refractivity contribution is 7.71. The molecule has 0 aliphatic rings. The molecule has 0 unspecified atom stereocenters. The van der Waals surface area contributed by atoms with E-state index in [0.717, 1.165) is 6.92 Å². The number of amides is 2. The number of hydrogen-bond acceptors (Lipinski definition) is 5. The number of nitrogens with one attached hydrogen (secondary N) is 1. The van der Waals surface area contributed by atoms with Crippen molar-refractivity contribution in [2.75, 3.05) is 13.2 Å². The largest absolute Gasteiger partial charge is 0.420 e. The quantitative estimate of drug-likeness (QED) is 0.568. The normalized spacial score (nSPS) is 9.94. The molecule has 0 aromatic carbocycles. The second-order valence-corrected chi connectivity index (χ2v) is 4.36. The minimum Gasteiger partial charge on any atom is -0.289 e. The van der Waals surface area contributed by atoms with Crippen molar-refractivity contribution in [3.8, 4) is 24.7 Å². The Morgan fingerprint density at radius 1 is 1.25 bits per heavy atom. The molecule has 0 aromatic rings. The number of carbonyl (C=O) groups excluding carboxylic acids is 2. The van der Waals surface area contributed by atoms with Crippen molar-refractivity contribution in [2.24, 2.45) is 0 Å². The smallest absolute Gasteiger partial charge is 0.289 e. The average molecular weight is 243 g/mol. The molecule has 1 N–H and O–H groups in total. The molecule has 0 fully saturated rings. The Kier molecular flexibility index (Phi) is 6.14. The van der Waals surface area contributed by atoms with Gasteiger partial charge in [0.25, 0.3) is 0 Å². The van der Waals surface area contributed by atoms with Crippen LogP contribution in [0.15, 0.2) is 0 Å². The minimum atomic E-state index is -4.15. The second kappa shape index (κ2) is 6.81. The fourth-order valence-electron chi connectivity index (χ4n) is 0.618. The first kappa shape index (κ1) is 14.4. The van der Waals surface area contributed by atoms with Crippen LogP contribution in [0, 0.1) is 24.7 Å². The maximum absolute atomic E-state index is 11.8. The van der Waals surface area contributed by atoms with Crippen molar-refractivity contribution >= 4 is 19.2 Å². The summed E-state index contributed by atoms with van der Waals surface area (Å²) < 4.78 is 20.9. The Balaban J connectivity index is 4.72. The summed E-state index contributed by atoms with van der Waals surface area (Å²) in [7, 11) is -4.15. The van der Waals surface area contributed by atoms with Crippen molar-refractivity contribution in [1.29, 1.82) is 0 Å². The highest BCUT2D eigenvalue weighted by atomic mass is 31.2. The number of terminal acetylenes is 2. The molecular weight excluding hydrogens is 233 g/mol. The lowest BCUT2D eigenvalue weighted by Crippen LogP contribution is -2.28. The zero-order valence-corrected chi connectivity index (χ0v) is 9.45. The molecule has 16 heavy (non-hydrogen) atoms. The van der Waals surface area contributed by atoms with Gasteiger partial charge in [0.1, 0.15) is 13.2 Å². The molecule has 0 saturated carbocycles. The van der Waals surface area contributed by atoms with Crippen molar-refractivity contribution in [2.45, 2.75) is 6.92 Å². The summed E-state index contributed by atoms with van der Waals surface area (Å²) in [4.78, 5) is 21.9. The first-order valence-corrected chi connectivity index (χ1v) is 5.58. The number of imide groups is 1. The predicted octanol–water partition coefficient (Wildman–Crippen LogP) is 0.735. The molecule has 0 rings (SSSR count). The molecule has 7 heteroatoms. The van der Waals surface area contributed by atoms with Crippen LogP contribution >= 0.6 is 7.60 Å². The summed E-state index contributed by atoms with van der Waals surface area (Å²) in [5.74, 6) is 3.34. The number of hydrogen-bond donors (Lipinski definition) is 1. The lowest BCUT2D eigenvalue weighted by atomic mass is 10.7. The van der Waals surface area contributed by atoms with Gasteiger partial charge >= 0.3 is 13.2 Å². The van der Waals surface area contributed by atoms with Crippen molar-refractivity contribution < 1.29 is 23.2 Å². The monoisotopic (exact) mass is 243 g/mol. The van der Waals surface area contributed by atoms with Gasteiger partial charge in [0.2, 0.25) is 5.91 Å². The molecule has 0 bridgehead atoms. The SMILES string of the molecule is C#CCOP(=O)(OCC#C)C(=O)NC(C)=O. The first-order chi connectivity index (χ1) is 7.46. The molecule has 0 aliphatic heterocycles. The molecule has 0 aliphatic carbocycles. The van der Waals surface area contributed by atoms with Crippen LogP contribution in [0.4, 0.5) is 4.79 Å². The van der Waals surface area contributed by atoms with Crippen LogP contribution in [0.2, 0.25) is 0 Å². The molecule has 0 saturated heterocycles. The van der Waals surface area contributed by atoms with Gasteiger partial charge in [-0.3, -0.25) is 24.0 Å². The van der Waals surface area contributed by atoms with E-state index in [4.69, 9.17) is 12.8 Å². The van der Waals surface area contributed by atoms with Crippen LogP contribution in [0.5, 0.6) is 0 Å². The summed E-state index contributed by atoms with van der Waals surface area (Å²) in [5.41, 5.74) is -1.19. The maximum atomic E-state index is 11.8. The van der Waals surface area contributed by atoms with E-state index in [2.05, 4.69) is 9.05 Å². The van der Waals surface area contributed by atoms with Crippen LogP contribution in [-0.2, 0) is 18.4 Å². The van der Waals surface area contributed by atoms with Crippen molar-refractivity contribution in [3.05, 3.63) is 0 Å². The van der Waals surface area contributed by atoms with E-state index in [1.165, 1.54) is 0 Å². The Labute approximate surface area is 93.2 Å². The highest BCUT2D eigenvalue weighted by Gasteiger charge is 2.35. The molecule has 0 atom stereocenters. The van der Waals surface area contributed by atoms with Gasteiger partial charge in [-0.2, -0.15) is 0 Å². The van der Waals surface area contributed by atoms with Crippen molar-refractivity contribution in [3.63, 3.8) is 0 Å². The lowest BCUT2D eigenvalue weighted by Gasteiger charge is -2.14. The predicted molar refractivity (Wildman–Crippen MR) is 56.4 cm³/mol. The van der Waals surface area contributed by atoms with Crippen LogP contribution < -0.4 is 5.32 Å². The number of carbonyl (C=O) groups is 2. The molecule has 0 aromatic heterocycles. The van der Waals surface area contributed by atoms with Gasteiger partial charge < -0.3 is 0 Å². The van der Waals surface area contributed by atoms with Crippen LogP contribution in [0.25, 0.3) is 0 Å². The Morgan fingerprint density at radius 3 is 2.00 bits per heavy atom. The molecule has 6 nitrogen and oxygen atoms in total.